The van der Waals surface area contributed by atoms with Crippen LogP contribution in [0.15, 0.2) is 41.2 Å². The van der Waals surface area contributed by atoms with E-state index in [9.17, 15) is 14.0 Å². The van der Waals surface area contributed by atoms with Gasteiger partial charge in [-0.2, -0.15) is 0 Å². The van der Waals surface area contributed by atoms with Gasteiger partial charge in [-0.3, -0.25) is 14.5 Å². The molecule has 30 heavy (non-hydrogen) atoms. The number of aromatic amines is 1. The van der Waals surface area contributed by atoms with Gasteiger partial charge >= 0.3 is 0 Å². The van der Waals surface area contributed by atoms with Crippen LogP contribution in [0.3, 0.4) is 0 Å². The number of para-hydroxylation sites is 1. The molecule has 1 aliphatic heterocycles. The Hall–Kier alpha value is -2.90. The Morgan fingerprint density at radius 1 is 1.30 bits per heavy atom. The topological polar surface area (TPSA) is 74.4 Å². The van der Waals surface area contributed by atoms with Gasteiger partial charge in [-0.05, 0) is 18.2 Å². The summed E-state index contributed by atoms with van der Waals surface area (Å²) >= 11 is 5.84. The minimum atomic E-state index is -0.618. The van der Waals surface area contributed by atoms with Crippen molar-refractivity contribution in [2.75, 3.05) is 20.2 Å². The Labute approximate surface area is 177 Å². The molecule has 2 N–H and O–H groups in total. The molecule has 0 fully saturated rings. The third kappa shape index (κ3) is 3.91. The Balaban J connectivity index is 1.46. The van der Waals surface area contributed by atoms with E-state index in [0.29, 0.717) is 37.3 Å². The quantitative estimate of drug-likeness (QED) is 0.654. The number of hydrogen-bond acceptors (Lipinski definition) is 4. The Morgan fingerprint density at radius 3 is 2.90 bits per heavy atom. The first-order valence-electron chi connectivity index (χ1n) is 9.60. The zero-order valence-corrected chi connectivity index (χ0v) is 17.2. The molecule has 1 aromatic heterocycles. The average molecular weight is 430 g/mol. The number of ether oxygens (including phenoxy) is 1. The third-order valence-electron chi connectivity index (χ3n) is 5.35. The number of nitrogens with one attached hydrogen (secondary N) is 2. The third-order valence-corrected chi connectivity index (χ3v) is 5.64. The molecule has 2 heterocycles. The molecule has 0 aliphatic carbocycles. The van der Waals surface area contributed by atoms with Crippen LogP contribution in [0.5, 0.6) is 5.75 Å². The van der Waals surface area contributed by atoms with Gasteiger partial charge in [0.2, 0.25) is 5.91 Å². The summed E-state index contributed by atoms with van der Waals surface area (Å²) in [6, 6.07) is 10.4. The fourth-order valence-electron chi connectivity index (χ4n) is 3.78. The van der Waals surface area contributed by atoms with Gasteiger partial charge in [0.05, 0.1) is 24.2 Å². The minimum absolute atomic E-state index is 0.0257. The zero-order valence-electron chi connectivity index (χ0n) is 16.4. The van der Waals surface area contributed by atoms with Gasteiger partial charge in [-0.15, -0.1) is 0 Å². The van der Waals surface area contributed by atoms with Crippen LogP contribution in [-0.4, -0.2) is 36.0 Å². The van der Waals surface area contributed by atoms with Crippen molar-refractivity contribution in [2.45, 2.75) is 19.5 Å². The second-order valence-electron chi connectivity index (χ2n) is 7.24. The van der Waals surface area contributed by atoms with Crippen molar-refractivity contribution in [3.05, 3.63) is 74.3 Å². The van der Waals surface area contributed by atoms with Gasteiger partial charge in [0.15, 0.2) is 11.2 Å². The SMILES string of the molecule is COc1ccccc1CNC(=O)CN1CCc2[nH]c3c(F)c(Cl)ccc3c(=O)c2C1. The van der Waals surface area contributed by atoms with Crippen LogP contribution in [-0.2, 0) is 24.3 Å². The van der Waals surface area contributed by atoms with E-state index < -0.39 is 5.82 Å². The van der Waals surface area contributed by atoms with E-state index in [-0.39, 0.29) is 33.8 Å². The van der Waals surface area contributed by atoms with Gasteiger partial charge in [0.25, 0.3) is 0 Å². The van der Waals surface area contributed by atoms with E-state index in [2.05, 4.69) is 10.3 Å². The summed E-state index contributed by atoms with van der Waals surface area (Å²) in [6.45, 7) is 1.44. The summed E-state index contributed by atoms with van der Waals surface area (Å²) in [5, 5.41) is 3.13. The molecule has 3 aromatic rings. The van der Waals surface area contributed by atoms with Crippen molar-refractivity contribution in [1.82, 2.24) is 15.2 Å². The van der Waals surface area contributed by atoms with E-state index in [1.165, 1.54) is 12.1 Å². The predicted molar refractivity (Wildman–Crippen MR) is 113 cm³/mol. The second kappa shape index (κ2) is 8.45. The molecule has 0 radical (unpaired) electrons. The number of rotatable bonds is 5. The minimum Gasteiger partial charge on any atom is -0.496 e. The van der Waals surface area contributed by atoms with E-state index >= 15 is 0 Å². The first kappa shape index (κ1) is 20.4. The molecule has 0 unspecified atom stereocenters. The molecule has 0 bridgehead atoms. The van der Waals surface area contributed by atoms with Crippen molar-refractivity contribution >= 4 is 28.4 Å². The number of carbonyl (C=O) groups is 1. The number of fused-ring (bicyclic) bond motifs is 2. The highest BCUT2D eigenvalue weighted by atomic mass is 35.5. The summed E-state index contributed by atoms with van der Waals surface area (Å²) in [7, 11) is 1.59. The summed E-state index contributed by atoms with van der Waals surface area (Å²) in [6.07, 6.45) is 0.520. The first-order valence-corrected chi connectivity index (χ1v) is 9.98. The summed E-state index contributed by atoms with van der Waals surface area (Å²) < 4.78 is 19.6. The maximum Gasteiger partial charge on any atom is 0.234 e. The number of nitrogens with zero attached hydrogens (tertiary/aromatic N) is 1. The van der Waals surface area contributed by atoms with Crippen molar-refractivity contribution in [3.8, 4) is 5.75 Å². The lowest BCUT2D eigenvalue weighted by Gasteiger charge is -2.28. The largest absolute Gasteiger partial charge is 0.496 e. The summed E-state index contributed by atoms with van der Waals surface area (Å²) in [5.74, 6) is -0.0398. The fourth-order valence-corrected chi connectivity index (χ4v) is 3.94. The van der Waals surface area contributed by atoms with Gasteiger partial charge in [0, 0.05) is 48.3 Å². The molecule has 0 saturated carbocycles. The number of halogens is 2. The van der Waals surface area contributed by atoms with Gasteiger partial charge in [0.1, 0.15) is 5.75 Å². The van der Waals surface area contributed by atoms with Crippen LogP contribution >= 0.6 is 11.6 Å². The number of methoxy groups -OCH3 is 1. The lowest BCUT2D eigenvalue weighted by Crippen LogP contribution is -2.41. The highest BCUT2D eigenvalue weighted by Crippen LogP contribution is 2.24. The maximum atomic E-state index is 14.3. The van der Waals surface area contributed by atoms with Crippen LogP contribution in [0.1, 0.15) is 16.8 Å². The number of pyridine rings is 1. The molecule has 0 atom stereocenters. The molecule has 8 heteroatoms. The number of hydrogen-bond donors (Lipinski definition) is 2. The zero-order chi connectivity index (χ0) is 21.3. The van der Waals surface area contributed by atoms with Crippen molar-refractivity contribution in [3.63, 3.8) is 0 Å². The molecular weight excluding hydrogens is 409 g/mol. The highest BCUT2D eigenvalue weighted by Gasteiger charge is 2.23. The number of carbonyl (C=O) groups excluding carboxylic acids is 1. The first-order chi connectivity index (χ1) is 14.5. The standard InChI is InChI=1S/C22H21ClFN3O3/c1-30-18-5-3-2-4-13(18)10-25-19(28)12-27-9-8-17-15(11-27)22(29)14-6-7-16(23)20(24)21(14)26-17/h2-7H,8-12H2,1H3,(H,25,28)(H,26,29). The fraction of sp³-hybridized carbons (Fsp3) is 0.273. The van der Waals surface area contributed by atoms with Crippen LogP contribution < -0.4 is 15.5 Å². The molecule has 1 aliphatic rings. The second-order valence-corrected chi connectivity index (χ2v) is 7.65. The van der Waals surface area contributed by atoms with E-state index in [4.69, 9.17) is 16.3 Å². The van der Waals surface area contributed by atoms with Crippen LogP contribution in [0, 0.1) is 5.82 Å². The van der Waals surface area contributed by atoms with Gasteiger partial charge < -0.3 is 15.0 Å². The Morgan fingerprint density at radius 2 is 2.10 bits per heavy atom. The van der Waals surface area contributed by atoms with E-state index in [0.717, 1.165) is 11.3 Å². The molecule has 1 amide bonds. The van der Waals surface area contributed by atoms with Crippen molar-refractivity contribution in [1.29, 1.82) is 0 Å². The predicted octanol–water partition coefficient (Wildman–Crippen LogP) is 3.00. The Kier molecular flexibility index (Phi) is 5.74. The lowest BCUT2D eigenvalue weighted by molar-refractivity contribution is -0.122. The molecular formula is C22H21ClFN3O3. The smallest absolute Gasteiger partial charge is 0.234 e. The molecule has 0 saturated heterocycles. The summed E-state index contributed by atoms with van der Waals surface area (Å²) in [4.78, 5) is 30.3. The normalized spacial score (nSPS) is 13.8. The van der Waals surface area contributed by atoms with Crippen molar-refractivity contribution in [2.24, 2.45) is 0 Å². The maximum absolute atomic E-state index is 14.3. The van der Waals surface area contributed by atoms with E-state index in [1.54, 1.807) is 7.11 Å². The van der Waals surface area contributed by atoms with E-state index in [1.807, 2.05) is 29.2 Å². The number of amides is 1. The number of aromatic nitrogens is 1. The molecule has 2 aromatic carbocycles. The van der Waals surface area contributed by atoms with Gasteiger partial charge in [-0.1, -0.05) is 29.8 Å². The molecule has 6 nitrogen and oxygen atoms in total. The number of benzene rings is 2. The van der Waals surface area contributed by atoms with Crippen LogP contribution in [0.25, 0.3) is 10.9 Å². The Bertz CT molecular complexity index is 1180. The van der Waals surface area contributed by atoms with Gasteiger partial charge in [-0.25, -0.2) is 4.39 Å². The average Bonchev–Trinajstić information content (AvgIpc) is 2.76. The highest BCUT2D eigenvalue weighted by molar-refractivity contribution is 6.31. The lowest BCUT2D eigenvalue weighted by atomic mass is 10.0. The van der Waals surface area contributed by atoms with Crippen LogP contribution in [0.2, 0.25) is 5.02 Å². The molecule has 4 rings (SSSR count). The molecule has 0 spiro atoms. The molecule has 156 valence electrons. The monoisotopic (exact) mass is 429 g/mol. The number of H-pyrrole nitrogens is 1. The summed E-state index contributed by atoms with van der Waals surface area (Å²) in [5.41, 5.74) is 2.05. The van der Waals surface area contributed by atoms with Crippen molar-refractivity contribution < 1.29 is 13.9 Å². The van der Waals surface area contributed by atoms with Crippen LogP contribution in [0.4, 0.5) is 4.39 Å².